The monoisotopic (exact) mass is 312 g/mol. The molecule has 98 valence electrons. The second-order valence-electron chi connectivity index (χ2n) is 4.54. The summed E-state index contributed by atoms with van der Waals surface area (Å²) in [4.78, 5) is 23.3. The van der Waals surface area contributed by atoms with Gasteiger partial charge < -0.3 is 10.6 Å². The number of carbonyl (C=O) groups excluding carboxylic acids is 2. The molecule has 4 nitrogen and oxygen atoms in total. The van der Waals surface area contributed by atoms with Crippen LogP contribution in [0.4, 0.5) is 5.69 Å². The van der Waals surface area contributed by atoms with Gasteiger partial charge in [-0.25, -0.2) is 0 Å². The number of amides is 2. The first-order chi connectivity index (χ1) is 8.25. The van der Waals surface area contributed by atoms with Gasteiger partial charge in [-0.3, -0.25) is 9.59 Å². The molecule has 0 radical (unpaired) electrons. The van der Waals surface area contributed by atoms with Crippen molar-refractivity contribution in [2.24, 2.45) is 0 Å². The Morgan fingerprint density at radius 2 is 1.89 bits per heavy atom. The minimum atomic E-state index is -0.626. The zero-order valence-corrected chi connectivity index (χ0v) is 12.5. The molecule has 1 aromatic rings. The summed E-state index contributed by atoms with van der Waals surface area (Å²) in [5.41, 5.74) is 2.13. The minimum absolute atomic E-state index is 0.127. The number of benzene rings is 1. The van der Waals surface area contributed by atoms with Crippen LogP contribution < -0.4 is 10.6 Å². The first kappa shape index (κ1) is 14.7. The summed E-state index contributed by atoms with van der Waals surface area (Å²) in [6.45, 7) is 5.40. The number of anilines is 1. The fourth-order valence-corrected chi connectivity index (χ4v) is 1.46. The van der Waals surface area contributed by atoms with Gasteiger partial charge in [0.15, 0.2) is 0 Å². The van der Waals surface area contributed by atoms with Crippen LogP contribution in [0.2, 0.25) is 0 Å². The van der Waals surface area contributed by atoms with Crippen LogP contribution in [0.3, 0.4) is 0 Å². The third-order valence-electron chi connectivity index (χ3n) is 2.50. The van der Waals surface area contributed by atoms with Gasteiger partial charge in [-0.15, -0.1) is 0 Å². The molecular weight excluding hydrogens is 296 g/mol. The van der Waals surface area contributed by atoms with E-state index in [4.69, 9.17) is 0 Å². The normalized spacial score (nSPS) is 10.9. The van der Waals surface area contributed by atoms with Gasteiger partial charge in [0.05, 0.1) is 4.32 Å². The molecule has 0 bridgehead atoms. The number of nitrogens with one attached hydrogen (secondary N) is 2. The van der Waals surface area contributed by atoms with Gasteiger partial charge in [0.25, 0.3) is 5.91 Å². The van der Waals surface area contributed by atoms with Gasteiger partial charge >= 0.3 is 0 Å². The topological polar surface area (TPSA) is 58.2 Å². The van der Waals surface area contributed by atoms with E-state index in [1.54, 1.807) is 39.1 Å². The summed E-state index contributed by atoms with van der Waals surface area (Å²) in [7, 11) is 1.58. The van der Waals surface area contributed by atoms with Crippen LogP contribution in [0, 0.1) is 6.92 Å². The molecular formula is C13H17BrN2O2. The molecule has 0 spiro atoms. The van der Waals surface area contributed by atoms with Gasteiger partial charge in [0.1, 0.15) is 0 Å². The zero-order valence-electron chi connectivity index (χ0n) is 10.9. The van der Waals surface area contributed by atoms with Crippen LogP contribution in [0.1, 0.15) is 29.8 Å². The molecule has 5 heteroatoms. The Labute approximate surface area is 115 Å². The predicted octanol–water partition coefficient (Wildman–Crippen LogP) is 2.47. The molecule has 0 atom stereocenters. The van der Waals surface area contributed by atoms with Crippen LogP contribution in [0.25, 0.3) is 0 Å². The molecule has 0 saturated heterocycles. The van der Waals surface area contributed by atoms with Crippen molar-refractivity contribution >= 4 is 33.4 Å². The van der Waals surface area contributed by atoms with Crippen molar-refractivity contribution < 1.29 is 9.59 Å². The van der Waals surface area contributed by atoms with Crippen molar-refractivity contribution in [1.82, 2.24) is 5.32 Å². The quantitative estimate of drug-likeness (QED) is 0.842. The lowest BCUT2D eigenvalue weighted by molar-refractivity contribution is -0.117. The molecule has 0 heterocycles. The van der Waals surface area contributed by atoms with E-state index in [-0.39, 0.29) is 11.8 Å². The highest BCUT2D eigenvalue weighted by molar-refractivity contribution is 9.10. The molecule has 0 aliphatic rings. The molecule has 1 aromatic carbocycles. The Balaban J connectivity index is 2.94. The van der Waals surface area contributed by atoms with Gasteiger partial charge in [0.2, 0.25) is 5.91 Å². The van der Waals surface area contributed by atoms with Crippen LogP contribution in [-0.4, -0.2) is 23.2 Å². The number of alkyl halides is 1. The van der Waals surface area contributed by atoms with E-state index in [0.29, 0.717) is 11.3 Å². The van der Waals surface area contributed by atoms with Crippen LogP contribution >= 0.6 is 15.9 Å². The number of rotatable bonds is 3. The maximum absolute atomic E-state index is 11.8. The van der Waals surface area contributed by atoms with Crippen molar-refractivity contribution in [3.8, 4) is 0 Å². The van der Waals surface area contributed by atoms with E-state index in [9.17, 15) is 9.59 Å². The Bertz CT molecular complexity index is 478. The second-order valence-corrected chi connectivity index (χ2v) is 6.52. The molecule has 2 N–H and O–H groups in total. The van der Waals surface area contributed by atoms with Crippen LogP contribution in [0.5, 0.6) is 0 Å². The highest BCUT2D eigenvalue weighted by atomic mass is 79.9. The van der Waals surface area contributed by atoms with Crippen LogP contribution in [0.15, 0.2) is 18.2 Å². The average molecular weight is 313 g/mol. The maximum Gasteiger partial charge on any atom is 0.251 e. The predicted molar refractivity (Wildman–Crippen MR) is 76.2 cm³/mol. The van der Waals surface area contributed by atoms with E-state index in [0.717, 1.165) is 5.56 Å². The van der Waals surface area contributed by atoms with Gasteiger partial charge in [-0.2, -0.15) is 0 Å². The minimum Gasteiger partial charge on any atom is -0.355 e. The fourth-order valence-electron chi connectivity index (χ4n) is 1.36. The molecule has 0 unspecified atom stereocenters. The maximum atomic E-state index is 11.8. The Hall–Kier alpha value is -1.36. The Morgan fingerprint density at radius 1 is 1.28 bits per heavy atom. The van der Waals surface area contributed by atoms with E-state index in [2.05, 4.69) is 26.6 Å². The van der Waals surface area contributed by atoms with Crippen molar-refractivity contribution in [1.29, 1.82) is 0 Å². The molecule has 0 saturated carbocycles. The molecule has 18 heavy (non-hydrogen) atoms. The number of carbonyl (C=O) groups is 2. The highest BCUT2D eigenvalue weighted by Gasteiger charge is 2.24. The molecule has 0 aromatic heterocycles. The molecule has 2 amide bonds. The lowest BCUT2D eigenvalue weighted by atomic mass is 10.1. The summed E-state index contributed by atoms with van der Waals surface area (Å²) in [6, 6.07) is 5.16. The third kappa shape index (κ3) is 3.57. The lowest BCUT2D eigenvalue weighted by Crippen LogP contribution is -2.31. The second kappa shape index (κ2) is 5.52. The number of hydrogen-bond donors (Lipinski definition) is 2. The molecule has 1 rings (SSSR count). The summed E-state index contributed by atoms with van der Waals surface area (Å²) in [5, 5.41) is 5.38. The smallest absolute Gasteiger partial charge is 0.251 e. The SMILES string of the molecule is CNC(=O)c1ccc(NC(=O)C(C)(C)Br)c(C)c1. The van der Waals surface area contributed by atoms with Crippen molar-refractivity contribution in [3.05, 3.63) is 29.3 Å². The number of hydrogen-bond acceptors (Lipinski definition) is 2. The van der Waals surface area contributed by atoms with E-state index >= 15 is 0 Å². The Kier molecular flexibility index (Phi) is 4.51. The fraction of sp³-hybridized carbons (Fsp3) is 0.385. The summed E-state index contributed by atoms with van der Waals surface area (Å²) in [5.74, 6) is -0.268. The summed E-state index contributed by atoms with van der Waals surface area (Å²) >= 11 is 3.30. The average Bonchev–Trinajstić information content (AvgIpc) is 2.29. The first-order valence-corrected chi connectivity index (χ1v) is 6.38. The largest absolute Gasteiger partial charge is 0.355 e. The molecule has 0 aliphatic heterocycles. The summed E-state index contributed by atoms with van der Waals surface area (Å²) in [6.07, 6.45) is 0. The van der Waals surface area contributed by atoms with Crippen LogP contribution in [-0.2, 0) is 4.79 Å². The van der Waals surface area contributed by atoms with E-state index in [1.807, 2.05) is 6.92 Å². The molecule has 0 fully saturated rings. The van der Waals surface area contributed by atoms with Gasteiger partial charge in [-0.05, 0) is 44.5 Å². The zero-order chi connectivity index (χ0) is 13.9. The Morgan fingerprint density at radius 3 is 2.33 bits per heavy atom. The summed E-state index contributed by atoms with van der Waals surface area (Å²) < 4.78 is -0.626. The van der Waals surface area contributed by atoms with Crippen molar-refractivity contribution in [2.45, 2.75) is 25.1 Å². The van der Waals surface area contributed by atoms with E-state index in [1.165, 1.54) is 0 Å². The molecule has 0 aliphatic carbocycles. The number of aryl methyl sites for hydroxylation is 1. The lowest BCUT2D eigenvalue weighted by Gasteiger charge is -2.17. The van der Waals surface area contributed by atoms with Gasteiger partial charge in [-0.1, -0.05) is 15.9 Å². The van der Waals surface area contributed by atoms with E-state index < -0.39 is 4.32 Å². The first-order valence-electron chi connectivity index (χ1n) is 5.59. The van der Waals surface area contributed by atoms with Gasteiger partial charge in [0, 0.05) is 18.3 Å². The third-order valence-corrected chi connectivity index (χ3v) is 2.86. The highest BCUT2D eigenvalue weighted by Crippen LogP contribution is 2.21. The number of halogens is 1. The van der Waals surface area contributed by atoms with Crippen molar-refractivity contribution in [2.75, 3.05) is 12.4 Å². The van der Waals surface area contributed by atoms with Crippen molar-refractivity contribution in [3.63, 3.8) is 0 Å². The standard InChI is InChI=1S/C13H17BrN2O2/c1-8-7-9(11(17)15-4)5-6-10(8)16-12(18)13(2,3)14/h5-7H,1-4H3,(H,15,17)(H,16,18).